The Kier molecular flexibility index (Phi) is 6.46. The lowest BCUT2D eigenvalue weighted by molar-refractivity contribution is -0.119. The number of rotatable bonds is 6. The van der Waals surface area contributed by atoms with Gasteiger partial charge < -0.3 is 9.73 Å². The van der Waals surface area contributed by atoms with Gasteiger partial charge >= 0.3 is 0 Å². The van der Waals surface area contributed by atoms with Gasteiger partial charge in [-0.15, -0.1) is 11.3 Å². The molecule has 7 nitrogen and oxygen atoms in total. The lowest BCUT2D eigenvalue weighted by atomic mass is 10.1. The fourth-order valence-electron chi connectivity index (χ4n) is 3.17. The molecule has 0 saturated carbocycles. The summed E-state index contributed by atoms with van der Waals surface area (Å²) >= 11 is 1.31. The maximum atomic E-state index is 12.6. The van der Waals surface area contributed by atoms with Gasteiger partial charge in [0.15, 0.2) is 10.6 Å². The summed E-state index contributed by atoms with van der Waals surface area (Å²) in [4.78, 5) is 40.4. The van der Waals surface area contributed by atoms with Crippen molar-refractivity contribution in [2.24, 2.45) is 0 Å². The molecule has 0 aliphatic heterocycles. The van der Waals surface area contributed by atoms with Gasteiger partial charge in [0.1, 0.15) is 11.8 Å². The van der Waals surface area contributed by atoms with Crippen molar-refractivity contribution in [2.45, 2.75) is 20.4 Å². The number of aromatic nitrogens is 1. The largest absolute Gasteiger partial charge is 0.463 e. The number of hydrogen-bond donors (Lipinski definition) is 2. The van der Waals surface area contributed by atoms with Crippen molar-refractivity contribution in [3.8, 4) is 11.3 Å². The highest BCUT2D eigenvalue weighted by atomic mass is 32.1. The van der Waals surface area contributed by atoms with Crippen molar-refractivity contribution in [1.82, 2.24) is 10.3 Å². The van der Waals surface area contributed by atoms with Gasteiger partial charge in [0.05, 0.1) is 16.6 Å². The predicted octanol–water partition coefficient (Wildman–Crippen LogP) is 4.51. The first-order chi connectivity index (χ1) is 15.9. The molecule has 0 unspecified atom stereocenters. The normalized spacial score (nSPS) is 11.1. The maximum Gasteiger partial charge on any atom is 0.250 e. The fraction of sp³-hybridized carbons (Fsp3) is 0.120. The molecule has 2 aromatic heterocycles. The molecule has 2 N–H and O–H groups in total. The van der Waals surface area contributed by atoms with Crippen molar-refractivity contribution in [3.05, 3.63) is 87.1 Å². The van der Waals surface area contributed by atoms with Crippen LogP contribution < -0.4 is 16.1 Å². The summed E-state index contributed by atoms with van der Waals surface area (Å²) < 4.78 is 5.50. The summed E-state index contributed by atoms with van der Waals surface area (Å²) in [6, 6.07) is 13.1. The number of thiazole rings is 1. The first-order valence-electron chi connectivity index (χ1n) is 10.2. The van der Waals surface area contributed by atoms with Crippen LogP contribution >= 0.6 is 11.3 Å². The van der Waals surface area contributed by atoms with E-state index in [2.05, 4.69) is 15.6 Å². The van der Waals surface area contributed by atoms with Crippen molar-refractivity contribution < 1.29 is 14.0 Å². The van der Waals surface area contributed by atoms with Gasteiger partial charge in [0.25, 0.3) is 0 Å². The van der Waals surface area contributed by atoms with Crippen LogP contribution in [-0.4, -0.2) is 16.8 Å². The van der Waals surface area contributed by atoms with Crippen LogP contribution in [0.1, 0.15) is 23.6 Å². The third-order valence-corrected chi connectivity index (χ3v) is 5.65. The zero-order valence-electron chi connectivity index (χ0n) is 18.0. The monoisotopic (exact) mass is 459 g/mol. The van der Waals surface area contributed by atoms with E-state index in [0.717, 1.165) is 22.4 Å². The number of aryl methyl sites for hydroxylation is 1. The second-order valence-corrected chi connectivity index (χ2v) is 8.35. The van der Waals surface area contributed by atoms with Crippen LogP contribution in [-0.2, 0) is 16.1 Å². The third kappa shape index (κ3) is 5.42. The van der Waals surface area contributed by atoms with E-state index in [1.807, 2.05) is 42.6 Å². The molecular weight excluding hydrogens is 438 g/mol. The SMILES string of the molecule is CC(=O)NCc1ccc(-c2csc(NC(=O)/C=C/c3coc4ccc(C)cc4c3=O)n2)cc1. The average Bonchev–Trinajstić information content (AvgIpc) is 3.26. The molecule has 0 spiro atoms. The Morgan fingerprint density at radius 2 is 1.94 bits per heavy atom. The van der Waals surface area contributed by atoms with E-state index >= 15 is 0 Å². The van der Waals surface area contributed by atoms with Crippen LogP contribution in [0.25, 0.3) is 28.3 Å². The number of amides is 2. The molecule has 2 heterocycles. The minimum atomic E-state index is -0.398. The smallest absolute Gasteiger partial charge is 0.250 e. The van der Waals surface area contributed by atoms with Gasteiger partial charge in [-0.2, -0.15) is 0 Å². The molecule has 0 radical (unpaired) electrons. The van der Waals surface area contributed by atoms with Gasteiger partial charge in [0, 0.05) is 30.5 Å². The highest BCUT2D eigenvalue weighted by molar-refractivity contribution is 7.14. The van der Waals surface area contributed by atoms with E-state index in [0.29, 0.717) is 28.2 Å². The molecular formula is C25H21N3O4S. The van der Waals surface area contributed by atoms with Crippen molar-refractivity contribution >= 4 is 45.3 Å². The highest BCUT2D eigenvalue weighted by Gasteiger charge is 2.08. The Morgan fingerprint density at radius 1 is 1.15 bits per heavy atom. The average molecular weight is 460 g/mol. The number of hydrogen-bond acceptors (Lipinski definition) is 6. The van der Waals surface area contributed by atoms with Crippen LogP contribution in [0.2, 0.25) is 0 Å². The summed E-state index contributed by atoms with van der Waals surface area (Å²) in [6.45, 7) is 3.85. The van der Waals surface area contributed by atoms with E-state index in [1.54, 1.807) is 12.1 Å². The minimum absolute atomic E-state index is 0.0791. The molecule has 4 aromatic rings. The summed E-state index contributed by atoms with van der Waals surface area (Å²) in [5, 5.41) is 8.24. The molecule has 4 rings (SSSR count). The Balaban J connectivity index is 1.42. The molecule has 0 atom stereocenters. The van der Waals surface area contributed by atoms with E-state index in [1.165, 1.54) is 36.7 Å². The van der Waals surface area contributed by atoms with E-state index in [4.69, 9.17) is 4.42 Å². The number of benzene rings is 2. The van der Waals surface area contributed by atoms with Gasteiger partial charge in [0.2, 0.25) is 11.8 Å². The Labute approximate surface area is 193 Å². The van der Waals surface area contributed by atoms with Crippen LogP contribution in [0.5, 0.6) is 0 Å². The standard InChI is InChI=1S/C25H21N3O4S/c1-15-3-9-22-20(11-15)24(31)19(13-32-22)8-10-23(30)28-25-27-21(14-33-25)18-6-4-17(5-7-18)12-26-16(2)29/h3-11,13-14H,12H2,1-2H3,(H,26,29)(H,27,28,30)/b10-8+. The Bertz CT molecular complexity index is 1420. The molecule has 8 heteroatoms. The lowest BCUT2D eigenvalue weighted by Gasteiger charge is -2.03. The summed E-state index contributed by atoms with van der Waals surface area (Å²) in [5.41, 5.74) is 4.18. The summed E-state index contributed by atoms with van der Waals surface area (Å²) in [7, 11) is 0. The fourth-order valence-corrected chi connectivity index (χ4v) is 3.89. The number of carbonyl (C=O) groups is 2. The minimum Gasteiger partial charge on any atom is -0.463 e. The highest BCUT2D eigenvalue weighted by Crippen LogP contribution is 2.25. The van der Waals surface area contributed by atoms with E-state index in [9.17, 15) is 14.4 Å². The number of nitrogens with one attached hydrogen (secondary N) is 2. The van der Waals surface area contributed by atoms with Gasteiger partial charge in [-0.3, -0.25) is 19.7 Å². The molecule has 0 aliphatic rings. The molecule has 2 amide bonds. The van der Waals surface area contributed by atoms with E-state index < -0.39 is 5.91 Å². The first-order valence-corrected chi connectivity index (χ1v) is 11.1. The van der Waals surface area contributed by atoms with Crippen LogP contribution in [0, 0.1) is 6.92 Å². The summed E-state index contributed by atoms with van der Waals surface area (Å²) in [5.74, 6) is -0.477. The predicted molar refractivity (Wildman–Crippen MR) is 130 cm³/mol. The molecule has 0 fully saturated rings. The molecule has 2 aromatic carbocycles. The van der Waals surface area contributed by atoms with Crippen LogP contribution in [0.15, 0.2) is 69.4 Å². The quantitative estimate of drug-likeness (QED) is 0.413. The second kappa shape index (κ2) is 9.62. The zero-order chi connectivity index (χ0) is 23.4. The van der Waals surface area contributed by atoms with Crippen molar-refractivity contribution in [2.75, 3.05) is 5.32 Å². The number of carbonyl (C=O) groups excluding carboxylic acids is 2. The Hall–Kier alpha value is -4.04. The van der Waals surface area contributed by atoms with E-state index in [-0.39, 0.29) is 11.3 Å². The number of anilines is 1. The molecule has 0 aliphatic carbocycles. The third-order valence-electron chi connectivity index (χ3n) is 4.89. The van der Waals surface area contributed by atoms with Gasteiger partial charge in [-0.1, -0.05) is 35.9 Å². The van der Waals surface area contributed by atoms with Crippen LogP contribution in [0.3, 0.4) is 0 Å². The number of nitrogens with zero attached hydrogens (tertiary/aromatic N) is 1. The van der Waals surface area contributed by atoms with Crippen molar-refractivity contribution in [1.29, 1.82) is 0 Å². The van der Waals surface area contributed by atoms with Crippen molar-refractivity contribution in [3.63, 3.8) is 0 Å². The molecule has 0 saturated heterocycles. The number of fused-ring (bicyclic) bond motifs is 1. The molecule has 0 bridgehead atoms. The van der Waals surface area contributed by atoms with Gasteiger partial charge in [-0.25, -0.2) is 4.98 Å². The first kappa shape index (κ1) is 22.2. The molecule has 33 heavy (non-hydrogen) atoms. The zero-order valence-corrected chi connectivity index (χ0v) is 18.9. The van der Waals surface area contributed by atoms with Gasteiger partial charge in [-0.05, 0) is 30.7 Å². The Morgan fingerprint density at radius 3 is 2.70 bits per heavy atom. The van der Waals surface area contributed by atoms with Crippen LogP contribution in [0.4, 0.5) is 5.13 Å². The second-order valence-electron chi connectivity index (χ2n) is 7.49. The topological polar surface area (TPSA) is 101 Å². The maximum absolute atomic E-state index is 12.6. The lowest BCUT2D eigenvalue weighted by Crippen LogP contribution is -2.18. The summed E-state index contributed by atoms with van der Waals surface area (Å²) in [6.07, 6.45) is 4.07. The molecule has 166 valence electrons.